The van der Waals surface area contributed by atoms with Crippen molar-refractivity contribution in [3.63, 3.8) is 0 Å². The number of nitrogens with one attached hydrogen (secondary N) is 1. The number of anilines is 1. The number of nitrogens with zero attached hydrogens (tertiary/aromatic N) is 2. The first-order valence-electron chi connectivity index (χ1n) is 5.12. The first-order chi connectivity index (χ1) is 8.49. The Balaban J connectivity index is 2.20. The molecule has 0 aromatic carbocycles. The van der Waals surface area contributed by atoms with Gasteiger partial charge in [-0.05, 0) is 19.1 Å². The summed E-state index contributed by atoms with van der Waals surface area (Å²) < 4.78 is 31.5. The van der Waals surface area contributed by atoms with Gasteiger partial charge < -0.3 is 10.2 Å². The number of furan rings is 1. The second-order valence-corrected chi connectivity index (χ2v) is 5.35. The highest BCUT2D eigenvalue weighted by Gasteiger charge is 2.20. The maximum atomic E-state index is 12.0. The molecule has 0 fully saturated rings. The van der Waals surface area contributed by atoms with Gasteiger partial charge in [-0.3, -0.25) is 0 Å². The van der Waals surface area contributed by atoms with Crippen LogP contribution in [0.15, 0.2) is 40.1 Å². The molecule has 0 aliphatic rings. The molecular formula is C10H12N4O3S. The Kier molecular flexibility index (Phi) is 3.30. The van der Waals surface area contributed by atoms with E-state index in [1.807, 2.05) is 0 Å². The van der Waals surface area contributed by atoms with Crippen molar-refractivity contribution in [1.82, 2.24) is 14.7 Å². The molecule has 0 spiro atoms. The van der Waals surface area contributed by atoms with E-state index in [9.17, 15) is 8.42 Å². The lowest BCUT2D eigenvalue weighted by Gasteiger charge is -2.11. The molecule has 0 aliphatic carbocycles. The van der Waals surface area contributed by atoms with Crippen LogP contribution in [0.1, 0.15) is 18.7 Å². The number of aromatic nitrogens is 2. The second kappa shape index (κ2) is 4.75. The SMILES string of the molecule is CC(NS(=O)(=O)c1cnc(N)nc1)c1ccco1. The summed E-state index contributed by atoms with van der Waals surface area (Å²) in [7, 11) is -3.69. The minimum Gasteiger partial charge on any atom is -0.468 e. The van der Waals surface area contributed by atoms with Crippen LogP contribution < -0.4 is 10.5 Å². The summed E-state index contributed by atoms with van der Waals surface area (Å²) in [6, 6.07) is 2.89. The molecule has 18 heavy (non-hydrogen) atoms. The lowest BCUT2D eigenvalue weighted by atomic mass is 10.3. The summed E-state index contributed by atoms with van der Waals surface area (Å²) in [6.07, 6.45) is 3.78. The summed E-state index contributed by atoms with van der Waals surface area (Å²) in [5.74, 6) is 0.544. The summed E-state index contributed by atoms with van der Waals surface area (Å²) in [4.78, 5) is 7.23. The van der Waals surface area contributed by atoms with Gasteiger partial charge in [0, 0.05) is 0 Å². The van der Waals surface area contributed by atoms with Crippen molar-refractivity contribution in [2.75, 3.05) is 5.73 Å². The standard InChI is InChI=1S/C10H12N4O3S/c1-7(9-3-2-4-17-9)14-18(15,16)8-5-12-10(11)13-6-8/h2-7,14H,1H3,(H2,11,12,13). The highest BCUT2D eigenvalue weighted by Crippen LogP contribution is 2.16. The third-order valence-corrected chi connectivity index (χ3v) is 3.76. The third kappa shape index (κ3) is 2.66. The van der Waals surface area contributed by atoms with Crippen molar-refractivity contribution in [2.24, 2.45) is 0 Å². The Bertz CT molecular complexity index is 607. The van der Waals surface area contributed by atoms with Crippen LogP contribution in [-0.2, 0) is 10.0 Å². The highest BCUT2D eigenvalue weighted by molar-refractivity contribution is 7.89. The summed E-state index contributed by atoms with van der Waals surface area (Å²) in [5.41, 5.74) is 5.30. The lowest BCUT2D eigenvalue weighted by Crippen LogP contribution is -2.27. The predicted molar refractivity (Wildman–Crippen MR) is 63.9 cm³/mol. The molecule has 0 saturated carbocycles. The minimum atomic E-state index is -3.69. The molecule has 1 atom stereocenters. The molecule has 2 heterocycles. The van der Waals surface area contributed by atoms with Gasteiger partial charge in [0.1, 0.15) is 10.7 Å². The minimum absolute atomic E-state index is 0.0213. The molecule has 0 bridgehead atoms. The maximum Gasteiger partial charge on any atom is 0.244 e. The van der Waals surface area contributed by atoms with Crippen LogP contribution in [0.4, 0.5) is 5.95 Å². The third-order valence-electron chi connectivity index (χ3n) is 2.26. The summed E-state index contributed by atoms with van der Waals surface area (Å²) >= 11 is 0. The molecule has 7 nitrogen and oxygen atoms in total. The number of hydrogen-bond acceptors (Lipinski definition) is 6. The quantitative estimate of drug-likeness (QED) is 0.844. The van der Waals surface area contributed by atoms with Crippen molar-refractivity contribution in [3.8, 4) is 0 Å². The van der Waals surface area contributed by atoms with E-state index >= 15 is 0 Å². The zero-order valence-electron chi connectivity index (χ0n) is 9.57. The van der Waals surface area contributed by atoms with Crippen molar-refractivity contribution < 1.29 is 12.8 Å². The molecule has 8 heteroatoms. The largest absolute Gasteiger partial charge is 0.468 e. The van der Waals surface area contributed by atoms with Gasteiger partial charge in [0.05, 0.1) is 24.7 Å². The van der Waals surface area contributed by atoms with Gasteiger partial charge in [-0.2, -0.15) is 0 Å². The molecule has 1 unspecified atom stereocenters. The average Bonchev–Trinajstić information content (AvgIpc) is 2.82. The zero-order chi connectivity index (χ0) is 13.2. The van der Waals surface area contributed by atoms with Crippen LogP contribution in [0.3, 0.4) is 0 Å². The van der Waals surface area contributed by atoms with E-state index in [4.69, 9.17) is 10.2 Å². The molecule has 2 aromatic heterocycles. The Hall–Kier alpha value is -1.93. The normalized spacial score (nSPS) is 13.4. The molecule has 0 aliphatic heterocycles. The highest BCUT2D eigenvalue weighted by atomic mass is 32.2. The van der Waals surface area contributed by atoms with Crippen molar-refractivity contribution in [1.29, 1.82) is 0 Å². The fraction of sp³-hybridized carbons (Fsp3) is 0.200. The summed E-state index contributed by atoms with van der Waals surface area (Å²) in [6.45, 7) is 1.68. The molecule has 0 amide bonds. The Morgan fingerprint density at radius 3 is 2.61 bits per heavy atom. The maximum absolute atomic E-state index is 12.0. The average molecular weight is 268 g/mol. The molecule has 3 N–H and O–H groups in total. The van der Waals surface area contributed by atoms with E-state index in [2.05, 4.69) is 14.7 Å². The molecule has 0 radical (unpaired) electrons. The van der Waals surface area contributed by atoms with E-state index in [0.717, 1.165) is 12.4 Å². The van der Waals surface area contributed by atoms with E-state index in [0.29, 0.717) is 5.76 Å². The monoisotopic (exact) mass is 268 g/mol. The van der Waals surface area contributed by atoms with E-state index in [-0.39, 0.29) is 10.8 Å². The predicted octanol–water partition coefficient (Wildman–Crippen LogP) is 0.691. The Morgan fingerprint density at radius 2 is 2.06 bits per heavy atom. The van der Waals surface area contributed by atoms with Gasteiger partial charge in [-0.25, -0.2) is 23.1 Å². The first kappa shape index (κ1) is 12.5. The number of sulfonamides is 1. The van der Waals surface area contributed by atoms with Crippen molar-refractivity contribution >= 4 is 16.0 Å². The molecule has 2 rings (SSSR count). The fourth-order valence-electron chi connectivity index (χ4n) is 1.36. The lowest BCUT2D eigenvalue weighted by molar-refractivity contribution is 0.459. The van der Waals surface area contributed by atoms with Gasteiger partial charge in [0.2, 0.25) is 16.0 Å². The second-order valence-electron chi connectivity index (χ2n) is 3.64. The van der Waals surface area contributed by atoms with Gasteiger partial charge in [-0.1, -0.05) is 0 Å². The van der Waals surface area contributed by atoms with Crippen LogP contribution >= 0.6 is 0 Å². The van der Waals surface area contributed by atoms with Crippen LogP contribution in [-0.4, -0.2) is 18.4 Å². The topological polar surface area (TPSA) is 111 Å². The van der Waals surface area contributed by atoms with E-state index in [1.54, 1.807) is 19.1 Å². The number of hydrogen-bond donors (Lipinski definition) is 2. The van der Waals surface area contributed by atoms with Gasteiger partial charge in [0.25, 0.3) is 0 Å². The Labute approximate surface area is 104 Å². The molecule has 2 aromatic rings. The van der Waals surface area contributed by atoms with Gasteiger partial charge in [0.15, 0.2) is 0 Å². The zero-order valence-corrected chi connectivity index (χ0v) is 10.4. The first-order valence-corrected chi connectivity index (χ1v) is 6.60. The molecule has 0 saturated heterocycles. The van der Waals surface area contributed by atoms with Crippen LogP contribution in [0.25, 0.3) is 0 Å². The van der Waals surface area contributed by atoms with Gasteiger partial charge >= 0.3 is 0 Å². The number of nitrogen functional groups attached to an aromatic ring is 1. The molecular weight excluding hydrogens is 256 g/mol. The van der Waals surface area contributed by atoms with Crippen LogP contribution in [0, 0.1) is 0 Å². The summed E-state index contributed by atoms with van der Waals surface area (Å²) in [5, 5.41) is 0. The van der Waals surface area contributed by atoms with Crippen molar-refractivity contribution in [2.45, 2.75) is 17.9 Å². The van der Waals surface area contributed by atoms with Crippen molar-refractivity contribution in [3.05, 3.63) is 36.5 Å². The Morgan fingerprint density at radius 1 is 1.39 bits per heavy atom. The van der Waals surface area contributed by atoms with Crippen LogP contribution in [0.5, 0.6) is 0 Å². The van der Waals surface area contributed by atoms with Crippen LogP contribution in [0.2, 0.25) is 0 Å². The van der Waals surface area contributed by atoms with E-state index in [1.165, 1.54) is 6.26 Å². The van der Waals surface area contributed by atoms with E-state index < -0.39 is 16.1 Å². The number of rotatable bonds is 4. The number of nitrogens with two attached hydrogens (primary N) is 1. The smallest absolute Gasteiger partial charge is 0.244 e. The fourth-order valence-corrected chi connectivity index (χ4v) is 2.46. The van der Waals surface area contributed by atoms with Gasteiger partial charge in [-0.15, -0.1) is 0 Å². The molecule has 96 valence electrons.